The molecule has 1 saturated carbocycles. The van der Waals surface area contributed by atoms with Crippen molar-refractivity contribution in [1.29, 1.82) is 0 Å². The van der Waals surface area contributed by atoms with Crippen molar-refractivity contribution in [2.75, 3.05) is 6.61 Å². The number of nitrogens with zero attached hydrogens (tertiary/aromatic N) is 5. The van der Waals surface area contributed by atoms with Gasteiger partial charge in [0.25, 0.3) is 5.88 Å². The van der Waals surface area contributed by atoms with Gasteiger partial charge in [-0.05, 0) is 56.2 Å². The molecule has 146 valence electrons. The van der Waals surface area contributed by atoms with E-state index in [9.17, 15) is 4.79 Å². The molecule has 0 radical (unpaired) electrons. The van der Waals surface area contributed by atoms with Gasteiger partial charge in [0.05, 0.1) is 12.3 Å². The molecular formula is C19H22N6O3. The van der Waals surface area contributed by atoms with Crippen LogP contribution in [0, 0.1) is 0 Å². The lowest BCUT2D eigenvalue weighted by Crippen LogP contribution is -2.24. The maximum absolute atomic E-state index is 11.9. The van der Waals surface area contributed by atoms with E-state index >= 15 is 0 Å². The van der Waals surface area contributed by atoms with Crippen LogP contribution in [0.2, 0.25) is 0 Å². The third-order valence-electron chi connectivity index (χ3n) is 5.00. The summed E-state index contributed by atoms with van der Waals surface area (Å²) < 4.78 is 12.7. The molecule has 1 aromatic carbocycles. The maximum atomic E-state index is 11.9. The molecule has 0 bridgehead atoms. The Morgan fingerprint density at radius 3 is 2.68 bits per heavy atom. The molecule has 2 heterocycles. The first kappa shape index (κ1) is 18.1. The standard InChI is InChI=1S/C19H22N6O3/c1-2-27-19(26)17-18(23-24-22-17)28-16-9-5-14(6-10-16)13-3-7-15(8-4-13)25-12-20-11-21-25/h3-4,7-8,11-12,14,16H,2,5-6,9-10H2,1H3,(H,22,23,24)/t14-,16-. The first-order valence-corrected chi connectivity index (χ1v) is 9.44. The van der Waals surface area contributed by atoms with Gasteiger partial charge in [-0.15, -0.1) is 0 Å². The van der Waals surface area contributed by atoms with Crippen molar-refractivity contribution in [2.24, 2.45) is 0 Å². The zero-order valence-corrected chi connectivity index (χ0v) is 15.6. The first-order chi connectivity index (χ1) is 13.7. The normalized spacial score (nSPS) is 19.3. The van der Waals surface area contributed by atoms with E-state index < -0.39 is 5.97 Å². The summed E-state index contributed by atoms with van der Waals surface area (Å²) in [5, 5.41) is 14.3. The Kier molecular flexibility index (Phi) is 5.31. The van der Waals surface area contributed by atoms with Crippen LogP contribution >= 0.6 is 0 Å². The average Bonchev–Trinajstić information content (AvgIpc) is 3.41. The van der Waals surface area contributed by atoms with Crippen LogP contribution in [0.5, 0.6) is 5.88 Å². The topological polar surface area (TPSA) is 108 Å². The summed E-state index contributed by atoms with van der Waals surface area (Å²) in [7, 11) is 0. The fourth-order valence-electron chi connectivity index (χ4n) is 3.55. The van der Waals surface area contributed by atoms with Gasteiger partial charge in [0.2, 0.25) is 5.69 Å². The summed E-state index contributed by atoms with van der Waals surface area (Å²) in [4.78, 5) is 15.9. The van der Waals surface area contributed by atoms with E-state index in [1.54, 1.807) is 17.9 Å². The number of aromatic amines is 1. The third-order valence-corrected chi connectivity index (χ3v) is 5.00. The van der Waals surface area contributed by atoms with Crippen LogP contribution in [-0.2, 0) is 4.74 Å². The Balaban J connectivity index is 1.34. The molecule has 0 atom stereocenters. The molecule has 1 aliphatic rings. The summed E-state index contributed by atoms with van der Waals surface area (Å²) in [6, 6.07) is 8.43. The van der Waals surface area contributed by atoms with Crippen LogP contribution < -0.4 is 4.74 Å². The molecule has 2 aromatic heterocycles. The molecule has 0 unspecified atom stereocenters. The smallest absolute Gasteiger partial charge is 0.362 e. The van der Waals surface area contributed by atoms with E-state index in [0.29, 0.717) is 5.92 Å². The van der Waals surface area contributed by atoms with E-state index in [1.807, 2.05) is 0 Å². The predicted molar refractivity (Wildman–Crippen MR) is 99.3 cm³/mol. The van der Waals surface area contributed by atoms with Crippen molar-refractivity contribution < 1.29 is 14.3 Å². The number of hydrogen-bond acceptors (Lipinski definition) is 7. The SMILES string of the molecule is CCOC(=O)c1[nH]nnc1O[C@H]1CC[C@H](c2ccc(-n3cncn3)cc2)CC1. The van der Waals surface area contributed by atoms with Gasteiger partial charge in [-0.1, -0.05) is 22.4 Å². The zero-order valence-electron chi connectivity index (χ0n) is 15.6. The van der Waals surface area contributed by atoms with Crippen molar-refractivity contribution in [1.82, 2.24) is 30.2 Å². The van der Waals surface area contributed by atoms with Gasteiger partial charge in [0.15, 0.2) is 0 Å². The van der Waals surface area contributed by atoms with Gasteiger partial charge in [-0.3, -0.25) is 0 Å². The average molecular weight is 382 g/mol. The third kappa shape index (κ3) is 3.88. The van der Waals surface area contributed by atoms with Crippen molar-refractivity contribution >= 4 is 5.97 Å². The number of carbonyl (C=O) groups excluding carboxylic acids is 1. The number of aromatic nitrogens is 6. The summed E-state index contributed by atoms with van der Waals surface area (Å²) >= 11 is 0. The molecule has 0 saturated heterocycles. The Morgan fingerprint density at radius 2 is 2.00 bits per heavy atom. The molecule has 0 aliphatic heterocycles. The van der Waals surface area contributed by atoms with E-state index in [2.05, 4.69) is 49.8 Å². The van der Waals surface area contributed by atoms with Gasteiger partial charge >= 0.3 is 5.97 Å². The van der Waals surface area contributed by atoms with Crippen molar-refractivity contribution in [3.63, 3.8) is 0 Å². The fourth-order valence-corrected chi connectivity index (χ4v) is 3.55. The molecule has 1 fully saturated rings. The second-order valence-corrected chi connectivity index (χ2v) is 6.74. The van der Waals surface area contributed by atoms with Gasteiger partial charge in [-0.25, -0.2) is 19.6 Å². The van der Waals surface area contributed by atoms with Gasteiger partial charge in [0, 0.05) is 0 Å². The molecule has 28 heavy (non-hydrogen) atoms. The van der Waals surface area contributed by atoms with E-state index in [4.69, 9.17) is 9.47 Å². The highest BCUT2D eigenvalue weighted by molar-refractivity contribution is 5.89. The number of carbonyl (C=O) groups is 1. The molecule has 1 N–H and O–H groups in total. The van der Waals surface area contributed by atoms with Gasteiger partial charge in [0.1, 0.15) is 18.8 Å². The summed E-state index contributed by atoms with van der Waals surface area (Å²) in [5.74, 6) is 0.217. The molecule has 1 aliphatic carbocycles. The summed E-state index contributed by atoms with van der Waals surface area (Å²) in [6.45, 7) is 2.04. The Labute approximate surface area is 162 Å². The summed E-state index contributed by atoms with van der Waals surface area (Å²) in [5.41, 5.74) is 2.49. The summed E-state index contributed by atoms with van der Waals surface area (Å²) in [6.07, 6.45) is 7.04. The van der Waals surface area contributed by atoms with Crippen LogP contribution in [0.3, 0.4) is 0 Å². The van der Waals surface area contributed by atoms with Crippen LogP contribution in [0.4, 0.5) is 0 Å². The molecule has 4 rings (SSSR count). The van der Waals surface area contributed by atoms with Crippen LogP contribution in [-0.4, -0.2) is 48.9 Å². The second-order valence-electron chi connectivity index (χ2n) is 6.74. The number of rotatable bonds is 6. The number of esters is 1. The van der Waals surface area contributed by atoms with Gasteiger partial charge in [-0.2, -0.15) is 5.10 Å². The zero-order chi connectivity index (χ0) is 19.3. The van der Waals surface area contributed by atoms with Crippen molar-refractivity contribution in [3.05, 3.63) is 48.2 Å². The lowest BCUT2D eigenvalue weighted by Gasteiger charge is -2.28. The maximum Gasteiger partial charge on any atom is 0.362 e. The van der Waals surface area contributed by atoms with Crippen molar-refractivity contribution in [2.45, 2.75) is 44.6 Å². The molecule has 9 nitrogen and oxygen atoms in total. The number of ether oxygens (including phenoxy) is 2. The fraction of sp³-hybridized carbons (Fsp3) is 0.421. The molecule has 0 spiro atoms. The largest absolute Gasteiger partial charge is 0.472 e. The highest BCUT2D eigenvalue weighted by atomic mass is 16.5. The minimum absolute atomic E-state index is 0.0175. The number of nitrogens with one attached hydrogen (secondary N) is 1. The van der Waals surface area contributed by atoms with Crippen LogP contribution in [0.25, 0.3) is 5.69 Å². The Morgan fingerprint density at radius 1 is 1.21 bits per heavy atom. The lowest BCUT2D eigenvalue weighted by atomic mass is 9.82. The predicted octanol–water partition coefficient (Wildman–Crippen LogP) is 2.67. The molecule has 9 heteroatoms. The molecule has 3 aromatic rings. The van der Waals surface area contributed by atoms with Gasteiger partial charge < -0.3 is 9.47 Å². The quantitative estimate of drug-likeness (QED) is 0.653. The van der Waals surface area contributed by atoms with Crippen LogP contribution in [0.1, 0.15) is 54.6 Å². The Hall–Kier alpha value is -3.23. The molecule has 0 amide bonds. The van der Waals surface area contributed by atoms with E-state index in [1.165, 1.54) is 11.9 Å². The number of hydrogen-bond donors (Lipinski definition) is 1. The second kappa shape index (κ2) is 8.20. The van der Waals surface area contributed by atoms with E-state index in [-0.39, 0.29) is 24.3 Å². The molecular weight excluding hydrogens is 360 g/mol. The highest BCUT2D eigenvalue weighted by Crippen LogP contribution is 2.34. The number of H-pyrrole nitrogens is 1. The monoisotopic (exact) mass is 382 g/mol. The lowest BCUT2D eigenvalue weighted by molar-refractivity contribution is 0.0508. The Bertz CT molecular complexity index is 898. The van der Waals surface area contributed by atoms with Crippen molar-refractivity contribution in [3.8, 4) is 11.6 Å². The minimum atomic E-state index is -0.497. The minimum Gasteiger partial charge on any atom is -0.472 e. The number of benzene rings is 1. The van der Waals surface area contributed by atoms with E-state index in [0.717, 1.165) is 31.4 Å². The highest BCUT2D eigenvalue weighted by Gasteiger charge is 2.27. The first-order valence-electron chi connectivity index (χ1n) is 9.44. The van der Waals surface area contributed by atoms with Crippen LogP contribution in [0.15, 0.2) is 36.9 Å².